The number of rotatable bonds is 3. The molecular formula is C13H12NSi. The highest BCUT2D eigenvalue weighted by molar-refractivity contribution is 6.11. The molecule has 73 valence electrons. The molecule has 2 rings (SSSR count). The summed E-state index contributed by atoms with van der Waals surface area (Å²) >= 11 is 0. The molecule has 0 unspecified atom stereocenters. The van der Waals surface area contributed by atoms with Gasteiger partial charge in [0.1, 0.15) is 0 Å². The monoisotopic (exact) mass is 210 g/mol. The van der Waals surface area contributed by atoms with Gasteiger partial charge < -0.3 is 4.90 Å². The highest BCUT2D eigenvalue weighted by atomic mass is 28.1. The Labute approximate surface area is 93.8 Å². The van der Waals surface area contributed by atoms with Crippen LogP contribution in [0.5, 0.6) is 0 Å². The molecule has 2 aromatic carbocycles. The van der Waals surface area contributed by atoms with Crippen molar-refractivity contribution in [3.8, 4) is 0 Å². The second-order valence-electron chi connectivity index (χ2n) is 3.26. The Kier molecular flexibility index (Phi) is 3.20. The van der Waals surface area contributed by atoms with E-state index in [4.69, 9.17) is 0 Å². The van der Waals surface area contributed by atoms with Gasteiger partial charge in [0.25, 0.3) is 0 Å². The van der Waals surface area contributed by atoms with Gasteiger partial charge in [-0.05, 0) is 24.3 Å². The van der Waals surface area contributed by atoms with Gasteiger partial charge >= 0.3 is 0 Å². The number of anilines is 2. The van der Waals surface area contributed by atoms with Crippen molar-refractivity contribution < 1.29 is 0 Å². The molecule has 0 spiro atoms. The number of hydrogen-bond acceptors (Lipinski definition) is 1. The Morgan fingerprint density at radius 3 is 1.47 bits per heavy atom. The SMILES string of the molecule is [Si]CN(c1ccccc1)c1ccccc1. The standard InChI is InChI=1S/C13H12NSi/c15-11-14(12-7-3-1-4-8-12)13-9-5-2-6-10-13/h1-10H,11H2. The predicted molar refractivity (Wildman–Crippen MR) is 65.6 cm³/mol. The lowest BCUT2D eigenvalue weighted by molar-refractivity contribution is 1.16. The van der Waals surface area contributed by atoms with Crippen molar-refractivity contribution in [2.24, 2.45) is 0 Å². The Morgan fingerprint density at radius 1 is 0.733 bits per heavy atom. The van der Waals surface area contributed by atoms with E-state index in [0.29, 0.717) is 0 Å². The minimum Gasteiger partial charge on any atom is -0.345 e. The van der Waals surface area contributed by atoms with Crippen LogP contribution in [0.4, 0.5) is 11.4 Å². The molecule has 0 aromatic heterocycles. The fourth-order valence-electron chi connectivity index (χ4n) is 1.55. The summed E-state index contributed by atoms with van der Waals surface area (Å²) in [4.78, 5) is 2.21. The van der Waals surface area contributed by atoms with Gasteiger partial charge in [-0.15, -0.1) is 0 Å². The molecule has 0 saturated heterocycles. The van der Waals surface area contributed by atoms with Gasteiger partial charge in [-0.1, -0.05) is 36.4 Å². The van der Waals surface area contributed by atoms with Crippen molar-refractivity contribution in [3.63, 3.8) is 0 Å². The third-order valence-corrected chi connectivity index (χ3v) is 2.61. The Hall–Kier alpha value is -1.54. The summed E-state index contributed by atoms with van der Waals surface area (Å²) in [6, 6.07) is 20.7. The van der Waals surface area contributed by atoms with E-state index in [0.717, 1.165) is 6.17 Å². The van der Waals surface area contributed by atoms with E-state index >= 15 is 0 Å². The zero-order valence-electron chi connectivity index (χ0n) is 8.43. The molecule has 0 fully saturated rings. The fourth-order valence-corrected chi connectivity index (χ4v) is 1.91. The first kappa shape index (κ1) is 9.99. The largest absolute Gasteiger partial charge is 0.345 e. The molecule has 0 saturated carbocycles. The van der Waals surface area contributed by atoms with Crippen LogP contribution in [-0.4, -0.2) is 16.4 Å². The summed E-state index contributed by atoms with van der Waals surface area (Å²) in [5, 5.41) is 0. The first-order valence-corrected chi connectivity index (χ1v) is 5.65. The van der Waals surface area contributed by atoms with Gasteiger partial charge in [-0.25, -0.2) is 0 Å². The Balaban J connectivity index is 2.34. The molecule has 0 atom stereocenters. The smallest absolute Gasteiger partial charge is 0.0519 e. The van der Waals surface area contributed by atoms with Gasteiger partial charge in [0.15, 0.2) is 0 Å². The summed E-state index contributed by atoms with van der Waals surface area (Å²) in [5.74, 6) is 0. The van der Waals surface area contributed by atoms with E-state index in [2.05, 4.69) is 39.4 Å². The van der Waals surface area contributed by atoms with E-state index in [1.54, 1.807) is 0 Å². The van der Waals surface area contributed by atoms with Crippen LogP contribution in [0.25, 0.3) is 0 Å². The van der Waals surface area contributed by atoms with Crippen LogP contribution >= 0.6 is 0 Å². The van der Waals surface area contributed by atoms with Crippen molar-refractivity contribution in [1.82, 2.24) is 0 Å². The fraction of sp³-hybridized carbons (Fsp3) is 0.0769. The maximum atomic E-state index is 3.57. The molecule has 0 heterocycles. The van der Waals surface area contributed by atoms with E-state index < -0.39 is 0 Å². The van der Waals surface area contributed by atoms with E-state index in [-0.39, 0.29) is 0 Å². The third-order valence-electron chi connectivity index (χ3n) is 2.29. The minimum absolute atomic E-state index is 0.786. The van der Waals surface area contributed by atoms with Crippen LogP contribution in [0.15, 0.2) is 60.7 Å². The number of para-hydroxylation sites is 2. The minimum atomic E-state index is 0.786. The first-order chi connectivity index (χ1) is 7.42. The van der Waals surface area contributed by atoms with E-state index in [1.807, 2.05) is 36.4 Å². The van der Waals surface area contributed by atoms with Crippen molar-refractivity contribution in [2.75, 3.05) is 11.1 Å². The topological polar surface area (TPSA) is 3.24 Å². The zero-order chi connectivity index (χ0) is 10.5. The highest BCUT2D eigenvalue weighted by Crippen LogP contribution is 2.23. The molecule has 0 aliphatic rings. The zero-order valence-corrected chi connectivity index (χ0v) is 9.43. The molecule has 0 N–H and O–H groups in total. The van der Waals surface area contributed by atoms with Crippen LogP contribution in [0.3, 0.4) is 0 Å². The highest BCUT2D eigenvalue weighted by Gasteiger charge is 2.04. The summed E-state index contributed by atoms with van der Waals surface area (Å²) in [6.45, 7) is 0. The van der Waals surface area contributed by atoms with Crippen molar-refractivity contribution in [2.45, 2.75) is 0 Å². The molecule has 1 nitrogen and oxygen atoms in total. The lowest BCUT2D eigenvalue weighted by Crippen LogP contribution is -2.17. The second-order valence-corrected chi connectivity index (χ2v) is 3.57. The summed E-state index contributed by atoms with van der Waals surface area (Å²) in [5.41, 5.74) is 2.39. The molecule has 2 aromatic rings. The first-order valence-electron chi connectivity index (χ1n) is 4.94. The second kappa shape index (κ2) is 4.80. The van der Waals surface area contributed by atoms with Gasteiger partial charge in [0, 0.05) is 17.5 Å². The third kappa shape index (κ3) is 2.28. The average molecular weight is 210 g/mol. The Morgan fingerprint density at radius 2 is 1.13 bits per heavy atom. The van der Waals surface area contributed by atoms with Gasteiger partial charge in [-0.3, -0.25) is 0 Å². The van der Waals surface area contributed by atoms with Gasteiger partial charge in [-0.2, -0.15) is 0 Å². The quantitative estimate of drug-likeness (QED) is 0.704. The normalized spacial score (nSPS) is 9.93. The number of benzene rings is 2. The molecule has 0 bridgehead atoms. The summed E-state index contributed by atoms with van der Waals surface area (Å²) in [7, 11) is 3.57. The molecular weight excluding hydrogens is 198 g/mol. The molecule has 3 radical (unpaired) electrons. The molecule has 0 aliphatic carbocycles. The lowest BCUT2D eigenvalue weighted by atomic mass is 10.2. The lowest BCUT2D eigenvalue weighted by Gasteiger charge is -2.23. The maximum Gasteiger partial charge on any atom is 0.0519 e. The maximum absolute atomic E-state index is 3.57. The number of nitrogens with zero attached hydrogens (tertiary/aromatic N) is 1. The molecule has 2 heteroatoms. The molecule has 0 aliphatic heterocycles. The van der Waals surface area contributed by atoms with Gasteiger partial charge in [0.2, 0.25) is 0 Å². The van der Waals surface area contributed by atoms with Crippen LogP contribution in [0.1, 0.15) is 0 Å². The Bertz CT molecular complexity index is 360. The van der Waals surface area contributed by atoms with Crippen molar-refractivity contribution in [3.05, 3.63) is 60.7 Å². The van der Waals surface area contributed by atoms with E-state index in [1.165, 1.54) is 11.4 Å². The van der Waals surface area contributed by atoms with Crippen LogP contribution in [-0.2, 0) is 0 Å². The predicted octanol–water partition coefficient (Wildman–Crippen LogP) is 2.95. The van der Waals surface area contributed by atoms with Crippen LogP contribution in [0.2, 0.25) is 0 Å². The molecule has 0 amide bonds. The average Bonchev–Trinajstić information content (AvgIpc) is 2.33. The summed E-state index contributed by atoms with van der Waals surface area (Å²) < 4.78 is 0. The van der Waals surface area contributed by atoms with Crippen molar-refractivity contribution >= 4 is 21.6 Å². The van der Waals surface area contributed by atoms with Crippen molar-refractivity contribution in [1.29, 1.82) is 0 Å². The van der Waals surface area contributed by atoms with E-state index in [9.17, 15) is 0 Å². The molecule has 15 heavy (non-hydrogen) atoms. The van der Waals surface area contributed by atoms with Crippen LogP contribution < -0.4 is 4.90 Å². The van der Waals surface area contributed by atoms with Gasteiger partial charge in [0.05, 0.1) is 10.2 Å². The van der Waals surface area contributed by atoms with Crippen LogP contribution in [0, 0.1) is 0 Å². The summed E-state index contributed by atoms with van der Waals surface area (Å²) in [6.07, 6.45) is 0.786. The number of hydrogen-bond donors (Lipinski definition) is 0.